The van der Waals surface area contributed by atoms with E-state index in [4.69, 9.17) is 9.47 Å². The minimum Gasteiger partial charge on any atom is -0.466 e. The van der Waals surface area contributed by atoms with Gasteiger partial charge in [0.2, 0.25) is 0 Å². The number of carbonyl (C=O) groups excluding carboxylic acids is 1. The first-order valence-electron chi connectivity index (χ1n) is 10.7. The van der Waals surface area contributed by atoms with E-state index in [2.05, 4.69) is 47.4 Å². The van der Waals surface area contributed by atoms with Gasteiger partial charge < -0.3 is 9.47 Å². The van der Waals surface area contributed by atoms with Crippen molar-refractivity contribution in [2.24, 2.45) is 0 Å². The van der Waals surface area contributed by atoms with Crippen LogP contribution in [0.25, 0.3) is 10.8 Å². The summed E-state index contributed by atoms with van der Waals surface area (Å²) in [5.74, 6) is -0.103. The summed E-state index contributed by atoms with van der Waals surface area (Å²) in [7, 11) is 0. The van der Waals surface area contributed by atoms with Gasteiger partial charge in [-0.15, -0.1) is 0 Å². The number of benzene rings is 2. The van der Waals surface area contributed by atoms with Gasteiger partial charge in [-0.2, -0.15) is 0 Å². The lowest BCUT2D eigenvalue weighted by molar-refractivity contribution is -0.144. The number of likely N-dealkylation sites (tertiary alicyclic amines) is 1. The SMILES string of the molecule is CCOC(=O)CC[C@@H]1CC[C@]2(CCCN(Cc3cccc4ccccc34)C2)O1. The van der Waals surface area contributed by atoms with Crippen LogP contribution in [0.3, 0.4) is 0 Å². The summed E-state index contributed by atoms with van der Waals surface area (Å²) in [6.45, 7) is 5.40. The molecule has 0 aliphatic carbocycles. The highest BCUT2D eigenvalue weighted by Gasteiger charge is 2.43. The molecule has 0 unspecified atom stereocenters. The highest BCUT2D eigenvalue weighted by atomic mass is 16.5. The molecule has 0 aromatic heterocycles. The van der Waals surface area contributed by atoms with Gasteiger partial charge in [0.1, 0.15) is 0 Å². The summed E-state index contributed by atoms with van der Waals surface area (Å²) in [6.07, 6.45) is 5.92. The molecule has 0 amide bonds. The molecule has 28 heavy (non-hydrogen) atoms. The molecular weight excluding hydrogens is 350 g/mol. The average Bonchev–Trinajstić information content (AvgIpc) is 3.09. The lowest BCUT2D eigenvalue weighted by Crippen LogP contribution is -2.47. The quantitative estimate of drug-likeness (QED) is 0.680. The van der Waals surface area contributed by atoms with E-state index in [1.54, 1.807) is 0 Å². The van der Waals surface area contributed by atoms with Gasteiger partial charge in [0.15, 0.2) is 0 Å². The summed E-state index contributed by atoms with van der Waals surface area (Å²) >= 11 is 0. The molecular formula is C24H31NO3. The van der Waals surface area contributed by atoms with Crippen LogP contribution in [-0.2, 0) is 20.8 Å². The van der Waals surface area contributed by atoms with Crippen molar-refractivity contribution in [3.63, 3.8) is 0 Å². The maximum Gasteiger partial charge on any atom is 0.305 e. The molecule has 2 heterocycles. The first-order valence-corrected chi connectivity index (χ1v) is 10.7. The number of ether oxygens (including phenoxy) is 2. The first kappa shape index (κ1) is 19.4. The Hall–Kier alpha value is -1.91. The van der Waals surface area contributed by atoms with Crippen LogP contribution in [0.2, 0.25) is 0 Å². The molecule has 2 aromatic carbocycles. The lowest BCUT2D eigenvalue weighted by Gasteiger charge is -2.40. The number of carbonyl (C=O) groups is 1. The second kappa shape index (κ2) is 8.62. The van der Waals surface area contributed by atoms with Gasteiger partial charge in [0, 0.05) is 19.5 Å². The van der Waals surface area contributed by atoms with Gasteiger partial charge in [0.05, 0.1) is 18.3 Å². The molecule has 2 aliphatic rings. The summed E-state index contributed by atoms with van der Waals surface area (Å²) < 4.78 is 11.6. The maximum atomic E-state index is 11.6. The molecule has 1 spiro atoms. The van der Waals surface area contributed by atoms with Gasteiger partial charge in [-0.1, -0.05) is 42.5 Å². The Morgan fingerprint density at radius 1 is 1.21 bits per heavy atom. The van der Waals surface area contributed by atoms with E-state index in [0.717, 1.165) is 45.3 Å². The molecule has 0 saturated carbocycles. The monoisotopic (exact) mass is 381 g/mol. The summed E-state index contributed by atoms with van der Waals surface area (Å²) in [4.78, 5) is 14.2. The van der Waals surface area contributed by atoms with Crippen molar-refractivity contribution in [3.8, 4) is 0 Å². The summed E-state index contributed by atoms with van der Waals surface area (Å²) in [5, 5.41) is 2.66. The molecule has 2 saturated heterocycles. The molecule has 4 heteroatoms. The molecule has 4 rings (SSSR count). The van der Waals surface area contributed by atoms with E-state index < -0.39 is 0 Å². The highest BCUT2D eigenvalue weighted by Crippen LogP contribution is 2.39. The van der Waals surface area contributed by atoms with E-state index >= 15 is 0 Å². The molecule has 2 aliphatic heterocycles. The first-order chi connectivity index (χ1) is 13.7. The van der Waals surface area contributed by atoms with Crippen molar-refractivity contribution in [1.29, 1.82) is 0 Å². The lowest BCUT2D eigenvalue weighted by atomic mass is 9.89. The third kappa shape index (κ3) is 4.39. The van der Waals surface area contributed by atoms with Crippen molar-refractivity contribution in [1.82, 2.24) is 4.90 Å². The molecule has 150 valence electrons. The zero-order valence-electron chi connectivity index (χ0n) is 16.9. The number of hydrogen-bond donors (Lipinski definition) is 0. The number of nitrogens with zero attached hydrogens (tertiary/aromatic N) is 1. The van der Waals surface area contributed by atoms with Crippen LogP contribution in [0.15, 0.2) is 42.5 Å². The maximum absolute atomic E-state index is 11.6. The Kier molecular flexibility index (Phi) is 5.98. The van der Waals surface area contributed by atoms with E-state index in [0.29, 0.717) is 13.0 Å². The highest BCUT2D eigenvalue weighted by molar-refractivity contribution is 5.85. The third-order valence-corrected chi connectivity index (χ3v) is 6.21. The normalized spacial score (nSPS) is 25.4. The van der Waals surface area contributed by atoms with Crippen LogP contribution in [0, 0.1) is 0 Å². The van der Waals surface area contributed by atoms with Crippen molar-refractivity contribution in [2.45, 2.75) is 63.7 Å². The van der Waals surface area contributed by atoms with Gasteiger partial charge >= 0.3 is 5.97 Å². The molecule has 2 aromatic rings. The van der Waals surface area contributed by atoms with Crippen molar-refractivity contribution >= 4 is 16.7 Å². The van der Waals surface area contributed by atoms with Crippen molar-refractivity contribution in [2.75, 3.05) is 19.7 Å². The van der Waals surface area contributed by atoms with E-state index in [-0.39, 0.29) is 17.7 Å². The Bertz CT molecular complexity index is 815. The second-order valence-electron chi connectivity index (χ2n) is 8.26. The van der Waals surface area contributed by atoms with Crippen LogP contribution in [0.4, 0.5) is 0 Å². The number of hydrogen-bond acceptors (Lipinski definition) is 4. The summed E-state index contributed by atoms with van der Waals surface area (Å²) in [5.41, 5.74) is 1.37. The fourth-order valence-electron chi connectivity index (χ4n) is 4.91. The molecule has 2 atom stereocenters. The number of esters is 1. The predicted octanol–water partition coefficient (Wildman–Crippen LogP) is 4.70. The Balaban J connectivity index is 1.37. The van der Waals surface area contributed by atoms with E-state index in [1.807, 2.05) is 6.92 Å². The average molecular weight is 382 g/mol. The van der Waals surface area contributed by atoms with Crippen LogP contribution >= 0.6 is 0 Å². The second-order valence-corrected chi connectivity index (χ2v) is 8.26. The van der Waals surface area contributed by atoms with Gasteiger partial charge in [-0.25, -0.2) is 0 Å². The number of piperidine rings is 1. The zero-order chi connectivity index (χ0) is 19.4. The molecule has 0 radical (unpaired) electrons. The fourth-order valence-corrected chi connectivity index (χ4v) is 4.91. The van der Waals surface area contributed by atoms with E-state index in [9.17, 15) is 4.79 Å². The molecule has 4 nitrogen and oxygen atoms in total. The Morgan fingerprint density at radius 3 is 2.96 bits per heavy atom. The van der Waals surface area contributed by atoms with Crippen LogP contribution in [-0.4, -0.2) is 42.3 Å². The molecule has 0 N–H and O–H groups in total. The molecule has 2 fully saturated rings. The predicted molar refractivity (Wildman–Crippen MR) is 111 cm³/mol. The smallest absolute Gasteiger partial charge is 0.305 e. The van der Waals surface area contributed by atoms with Crippen LogP contribution < -0.4 is 0 Å². The minimum absolute atomic E-state index is 0.0256. The standard InChI is InChI=1S/C24H31NO3/c1-2-27-23(26)12-11-21-13-15-24(28-21)14-6-16-25(18-24)17-20-9-5-8-19-7-3-4-10-22(19)20/h3-5,7-10,21H,2,6,11-18H2,1H3/t21-,24+/m1/s1. The summed E-state index contributed by atoms with van der Waals surface area (Å²) in [6, 6.07) is 15.2. The van der Waals surface area contributed by atoms with Crippen molar-refractivity contribution < 1.29 is 14.3 Å². The van der Waals surface area contributed by atoms with Gasteiger partial charge in [0.25, 0.3) is 0 Å². The number of fused-ring (bicyclic) bond motifs is 1. The van der Waals surface area contributed by atoms with Crippen molar-refractivity contribution in [3.05, 3.63) is 48.0 Å². The zero-order valence-corrected chi connectivity index (χ0v) is 16.9. The topological polar surface area (TPSA) is 38.8 Å². The van der Waals surface area contributed by atoms with Crippen LogP contribution in [0.5, 0.6) is 0 Å². The van der Waals surface area contributed by atoms with E-state index in [1.165, 1.54) is 22.8 Å². The Morgan fingerprint density at radius 2 is 2.07 bits per heavy atom. The molecule has 0 bridgehead atoms. The number of rotatable bonds is 6. The van der Waals surface area contributed by atoms with Crippen LogP contribution in [0.1, 0.15) is 51.0 Å². The Labute approximate surface area is 167 Å². The third-order valence-electron chi connectivity index (χ3n) is 6.21. The minimum atomic E-state index is -0.103. The van der Waals surface area contributed by atoms with Gasteiger partial charge in [-0.3, -0.25) is 9.69 Å². The fraction of sp³-hybridized carbons (Fsp3) is 0.542. The van der Waals surface area contributed by atoms with Gasteiger partial charge in [-0.05, 0) is 61.9 Å². The largest absolute Gasteiger partial charge is 0.466 e.